The van der Waals surface area contributed by atoms with Gasteiger partial charge in [0, 0.05) is 11.6 Å². The highest BCUT2D eigenvalue weighted by Gasteiger charge is 2.37. The van der Waals surface area contributed by atoms with Crippen LogP contribution in [0.1, 0.15) is 15.9 Å². The summed E-state index contributed by atoms with van der Waals surface area (Å²) in [5.74, 6) is -2.15. The number of para-hydroxylation sites is 1. The third-order valence-corrected chi connectivity index (χ3v) is 3.02. The monoisotopic (exact) mass is 295 g/mol. The van der Waals surface area contributed by atoms with Gasteiger partial charge in [0.15, 0.2) is 0 Å². The minimum atomic E-state index is -1.32. The molecule has 1 aromatic rings. The molecule has 3 N–H and O–H groups in total. The molecule has 0 saturated heterocycles. The predicted molar refractivity (Wildman–Crippen MR) is 72.6 cm³/mol. The summed E-state index contributed by atoms with van der Waals surface area (Å²) >= 11 is 5.29. The van der Waals surface area contributed by atoms with E-state index < -0.39 is 24.9 Å². The van der Waals surface area contributed by atoms with Crippen LogP contribution >= 0.6 is 11.6 Å². The number of carbonyl (C=O) groups excluding carboxylic acids is 1. The first-order chi connectivity index (χ1) is 9.52. The molecule has 1 unspecified atom stereocenters. The SMILES string of the molecule is O=C(C=CCl)NC1Cc2cccc(C(=O)O)c2OB1O. The average molecular weight is 295 g/mol. The Bertz CT molecular complexity index is 577. The number of carboxylic acids is 1. The van der Waals surface area contributed by atoms with Gasteiger partial charge in [0.2, 0.25) is 5.91 Å². The van der Waals surface area contributed by atoms with E-state index in [0.29, 0.717) is 5.56 Å². The maximum absolute atomic E-state index is 11.4. The van der Waals surface area contributed by atoms with E-state index in [1.165, 1.54) is 6.07 Å². The highest BCUT2D eigenvalue weighted by molar-refractivity contribution is 6.47. The number of fused-ring (bicyclic) bond motifs is 1. The molecule has 0 aromatic heterocycles. The third kappa shape index (κ3) is 2.94. The van der Waals surface area contributed by atoms with Crippen molar-refractivity contribution in [2.75, 3.05) is 0 Å². The van der Waals surface area contributed by atoms with Crippen LogP contribution in [0.2, 0.25) is 0 Å². The van der Waals surface area contributed by atoms with E-state index in [4.69, 9.17) is 21.4 Å². The minimum Gasteiger partial charge on any atom is -0.534 e. The molecule has 1 aliphatic rings. The smallest absolute Gasteiger partial charge is 0.534 e. The largest absolute Gasteiger partial charge is 0.547 e. The average Bonchev–Trinajstić information content (AvgIpc) is 2.39. The van der Waals surface area contributed by atoms with Crippen LogP contribution < -0.4 is 9.97 Å². The van der Waals surface area contributed by atoms with E-state index >= 15 is 0 Å². The highest BCUT2D eigenvalue weighted by atomic mass is 35.5. The number of hydrogen-bond donors (Lipinski definition) is 3. The van der Waals surface area contributed by atoms with Gasteiger partial charge in [0.05, 0.1) is 11.5 Å². The Morgan fingerprint density at radius 1 is 1.50 bits per heavy atom. The molecular weight excluding hydrogens is 284 g/mol. The molecule has 0 spiro atoms. The Labute approximate surface area is 120 Å². The van der Waals surface area contributed by atoms with Crippen LogP contribution in [-0.4, -0.2) is 35.1 Å². The summed E-state index contributed by atoms with van der Waals surface area (Å²) in [6.07, 6.45) is 1.37. The van der Waals surface area contributed by atoms with Gasteiger partial charge < -0.3 is 20.1 Å². The fourth-order valence-electron chi connectivity index (χ4n) is 2.00. The second kappa shape index (κ2) is 5.98. The van der Waals surface area contributed by atoms with Gasteiger partial charge in [-0.15, -0.1) is 0 Å². The maximum atomic E-state index is 11.4. The molecule has 1 amide bonds. The minimum absolute atomic E-state index is 0.0213. The molecule has 0 radical (unpaired) electrons. The topological polar surface area (TPSA) is 95.9 Å². The predicted octanol–water partition coefficient (Wildman–Crippen LogP) is 0.577. The lowest BCUT2D eigenvalue weighted by Gasteiger charge is -2.28. The van der Waals surface area contributed by atoms with Crippen molar-refractivity contribution in [3.05, 3.63) is 40.9 Å². The summed E-state index contributed by atoms with van der Waals surface area (Å²) in [4.78, 5) is 22.5. The Balaban J connectivity index is 2.24. The number of amides is 1. The molecule has 1 aromatic carbocycles. The van der Waals surface area contributed by atoms with Crippen LogP contribution in [0.15, 0.2) is 29.8 Å². The fraction of sp³-hybridized carbons (Fsp3) is 0.167. The van der Waals surface area contributed by atoms with Crippen molar-refractivity contribution < 1.29 is 24.4 Å². The van der Waals surface area contributed by atoms with Crippen LogP contribution in [0.4, 0.5) is 0 Å². The summed E-state index contributed by atoms with van der Waals surface area (Å²) in [6, 6.07) is 4.66. The zero-order valence-corrected chi connectivity index (χ0v) is 11.0. The fourth-order valence-corrected chi connectivity index (χ4v) is 2.12. The number of nitrogens with one attached hydrogen (secondary N) is 1. The molecule has 0 bridgehead atoms. The van der Waals surface area contributed by atoms with Crippen LogP contribution in [0.3, 0.4) is 0 Å². The summed E-state index contributed by atoms with van der Waals surface area (Å²) in [5.41, 5.74) is 1.64. The summed E-state index contributed by atoms with van der Waals surface area (Å²) < 4.78 is 5.22. The van der Waals surface area contributed by atoms with Gasteiger partial charge in [-0.05, 0) is 18.1 Å². The molecule has 0 aliphatic carbocycles. The number of benzene rings is 1. The molecule has 8 heteroatoms. The molecule has 1 atom stereocenters. The van der Waals surface area contributed by atoms with Crippen molar-refractivity contribution in [2.45, 2.75) is 12.4 Å². The molecule has 6 nitrogen and oxygen atoms in total. The summed E-state index contributed by atoms with van der Waals surface area (Å²) in [7, 11) is -1.32. The standard InChI is InChI=1S/C12H11BClNO5/c14-5-4-10(16)15-9-6-7-2-1-3-8(12(17)18)11(7)20-13(9)19/h1-5,9,19H,6H2,(H,15,16)(H,17,18). The molecule has 0 fully saturated rings. The number of aromatic carboxylic acids is 1. The number of halogens is 1. The van der Waals surface area contributed by atoms with Gasteiger partial charge >= 0.3 is 13.1 Å². The van der Waals surface area contributed by atoms with E-state index in [1.807, 2.05) is 0 Å². The van der Waals surface area contributed by atoms with Crippen molar-refractivity contribution in [3.63, 3.8) is 0 Å². The Morgan fingerprint density at radius 2 is 2.25 bits per heavy atom. The normalized spacial score (nSPS) is 17.5. The van der Waals surface area contributed by atoms with Crippen molar-refractivity contribution in [3.8, 4) is 5.75 Å². The second-order valence-corrected chi connectivity index (χ2v) is 4.47. The van der Waals surface area contributed by atoms with Crippen LogP contribution in [0.5, 0.6) is 5.75 Å². The summed E-state index contributed by atoms with van der Waals surface area (Å²) in [6.45, 7) is 0. The molecule has 20 heavy (non-hydrogen) atoms. The van der Waals surface area contributed by atoms with Gasteiger partial charge in [0.1, 0.15) is 5.75 Å². The van der Waals surface area contributed by atoms with Gasteiger partial charge in [-0.2, -0.15) is 0 Å². The number of carbonyl (C=O) groups is 2. The van der Waals surface area contributed by atoms with E-state index in [9.17, 15) is 14.6 Å². The Kier molecular flexibility index (Phi) is 4.31. The number of rotatable bonds is 3. The lowest BCUT2D eigenvalue weighted by Crippen LogP contribution is -2.52. The maximum Gasteiger partial charge on any atom is 0.547 e. The Hall–Kier alpha value is -1.99. The van der Waals surface area contributed by atoms with Crippen LogP contribution in [0, 0.1) is 0 Å². The molecule has 1 aliphatic heterocycles. The van der Waals surface area contributed by atoms with E-state index in [1.54, 1.807) is 12.1 Å². The lowest BCUT2D eigenvalue weighted by molar-refractivity contribution is -0.116. The van der Waals surface area contributed by atoms with Crippen LogP contribution in [-0.2, 0) is 11.2 Å². The second-order valence-electron chi connectivity index (χ2n) is 4.22. The van der Waals surface area contributed by atoms with E-state index in [0.717, 1.165) is 11.6 Å². The van der Waals surface area contributed by atoms with E-state index in [-0.39, 0.29) is 17.7 Å². The van der Waals surface area contributed by atoms with Gasteiger partial charge in [0.25, 0.3) is 0 Å². The third-order valence-electron chi connectivity index (χ3n) is 2.89. The van der Waals surface area contributed by atoms with Crippen molar-refractivity contribution in [1.29, 1.82) is 0 Å². The lowest BCUT2D eigenvalue weighted by atomic mass is 9.72. The molecule has 1 heterocycles. The molecule has 0 saturated carbocycles. The zero-order valence-electron chi connectivity index (χ0n) is 10.2. The van der Waals surface area contributed by atoms with Crippen LogP contribution in [0.25, 0.3) is 0 Å². The van der Waals surface area contributed by atoms with Crippen molar-refractivity contribution in [2.24, 2.45) is 0 Å². The number of hydrogen-bond acceptors (Lipinski definition) is 4. The van der Waals surface area contributed by atoms with Crippen molar-refractivity contribution in [1.82, 2.24) is 5.32 Å². The quantitative estimate of drug-likeness (QED) is 0.560. The van der Waals surface area contributed by atoms with Gasteiger partial charge in [-0.25, -0.2) is 4.79 Å². The first-order valence-corrected chi connectivity index (χ1v) is 6.23. The summed E-state index contributed by atoms with van der Waals surface area (Å²) in [5, 5.41) is 21.4. The van der Waals surface area contributed by atoms with Gasteiger partial charge in [-0.1, -0.05) is 23.7 Å². The molecule has 104 valence electrons. The highest BCUT2D eigenvalue weighted by Crippen LogP contribution is 2.30. The Morgan fingerprint density at radius 3 is 2.90 bits per heavy atom. The van der Waals surface area contributed by atoms with Crippen molar-refractivity contribution >= 4 is 30.6 Å². The first-order valence-electron chi connectivity index (χ1n) is 5.80. The van der Waals surface area contributed by atoms with Gasteiger partial charge in [-0.3, -0.25) is 4.79 Å². The zero-order chi connectivity index (χ0) is 14.7. The molecule has 2 rings (SSSR count). The first kappa shape index (κ1) is 14.4. The number of carboxylic acid groups (broad SMARTS) is 1. The van der Waals surface area contributed by atoms with E-state index in [2.05, 4.69) is 5.32 Å². The molecular formula is C12H11BClNO5.